The number of esters is 1. The minimum Gasteiger partial charge on any atom is -0.465 e. The van der Waals surface area contributed by atoms with Crippen LogP contribution in [0.1, 0.15) is 0 Å². The van der Waals surface area contributed by atoms with Crippen LogP contribution >= 0.6 is 23.2 Å². The summed E-state index contributed by atoms with van der Waals surface area (Å²) in [5.74, 6) is -0.259. The van der Waals surface area contributed by atoms with Gasteiger partial charge in [-0.2, -0.15) is 0 Å². The van der Waals surface area contributed by atoms with Gasteiger partial charge in [-0.15, -0.1) is 0 Å². The van der Waals surface area contributed by atoms with E-state index in [0.717, 1.165) is 15.9 Å². The lowest BCUT2D eigenvalue weighted by molar-refractivity contribution is -0.138. The summed E-state index contributed by atoms with van der Waals surface area (Å²) in [5.41, 5.74) is 0. The lowest BCUT2D eigenvalue weighted by atomic mass is 10.4. The van der Waals surface area contributed by atoms with E-state index in [4.69, 9.17) is 4.74 Å². The first-order chi connectivity index (χ1) is 12.2. The summed E-state index contributed by atoms with van der Waals surface area (Å²) in [6.45, 7) is 0. The zero-order valence-corrected chi connectivity index (χ0v) is 16.4. The summed E-state index contributed by atoms with van der Waals surface area (Å²) in [7, 11) is -0.838. The molecule has 0 spiro atoms. The molecule has 25 heavy (non-hydrogen) atoms. The van der Waals surface area contributed by atoms with Gasteiger partial charge in [0.15, 0.2) is 0 Å². The van der Waals surface area contributed by atoms with E-state index in [1.165, 1.54) is 7.11 Å². The molecule has 0 heterocycles. The van der Waals surface area contributed by atoms with Gasteiger partial charge in [0.05, 0.1) is 7.11 Å². The highest BCUT2D eigenvalue weighted by atomic mass is 79.9. The third-order valence-electron chi connectivity index (χ3n) is 4.23. The fraction of sp³-hybridized carbons (Fsp3) is 0.0952. The number of ether oxygens (including phenoxy) is 1. The largest absolute Gasteiger partial charge is 0.465 e. The van der Waals surface area contributed by atoms with E-state index in [1.807, 2.05) is 54.6 Å². The van der Waals surface area contributed by atoms with Crippen LogP contribution in [0.25, 0.3) is 0 Å². The van der Waals surface area contributed by atoms with Crippen LogP contribution in [0.3, 0.4) is 0 Å². The highest BCUT2D eigenvalue weighted by Gasteiger charge is 2.55. The highest BCUT2D eigenvalue weighted by molar-refractivity contribution is 9.11. The van der Waals surface area contributed by atoms with Crippen molar-refractivity contribution in [1.29, 1.82) is 0 Å². The Balaban J connectivity index is 2.38. The van der Waals surface area contributed by atoms with Crippen molar-refractivity contribution < 1.29 is 9.53 Å². The number of benzene rings is 3. The van der Waals surface area contributed by atoms with Gasteiger partial charge in [0, 0.05) is 0 Å². The summed E-state index contributed by atoms with van der Waals surface area (Å²) >= 11 is 3.71. The lowest BCUT2D eigenvalue weighted by Crippen LogP contribution is -2.40. The van der Waals surface area contributed by atoms with Gasteiger partial charge in [0.25, 0.3) is 0 Å². The molecule has 0 aliphatic carbocycles. The van der Waals surface area contributed by atoms with Gasteiger partial charge >= 0.3 is 5.97 Å². The maximum atomic E-state index is 12.6. The zero-order valence-electron chi connectivity index (χ0n) is 13.9. The van der Waals surface area contributed by atoms with E-state index in [2.05, 4.69) is 52.3 Å². The molecule has 3 rings (SSSR count). The summed E-state index contributed by atoms with van der Waals surface area (Å²) in [6.07, 6.45) is 0. The summed E-state index contributed by atoms with van der Waals surface area (Å²) in [4.78, 5) is 12.6. The monoisotopic (exact) mass is 413 g/mol. The maximum Gasteiger partial charge on any atom is 0.359 e. The summed E-state index contributed by atoms with van der Waals surface area (Å²) in [6, 6.07) is 30.7. The fourth-order valence-electron chi connectivity index (χ4n) is 3.08. The molecule has 2 nitrogen and oxygen atoms in total. The van der Waals surface area contributed by atoms with E-state index >= 15 is 0 Å². The molecule has 0 aliphatic heterocycles. The van der Waals surface area contributed by atoms with Crippen molar-refractivity contribution in [2.45, 2.75) is 4.57 Å². The molecule has 0 bridgehead atoms. The number of hydrogen-bond acceptors (Lipinski definition) is 2. The molecule has 126 valence electrons. The Labute approximate surface area is 157 Å². The van der Waals surface area contributed by atoms with Gasteiger partial charge in [-0.3, -0.25) is 0 Å². The molecule has 0 aromatic heterocycles. The van der Waals surface area contributed by atoms with E-state index < -0.39 is 11.8 Å². The van der Waals surface area contributed by atoms with Crippen LogP contribution in [-0.4, -0.2) is 17.6 Å². The maximum absolute atomic E-state index is 12.6. The first-order valence-electron chi connectivity index (χ1n) is 7.98. The fourth-order valence-corrected chi connectivity index (χ4v) is 9.43. The summed E-state index contributed by atoms with van der Waals surface area (Å²) in [5, 5.41) is 3.42. The van der Waals surface area contributed by atoms with Gasteiger partial charge in [0.1, 0.15) is 23.2 Å². The van der Waals surface area contributed by atoms with Crippen LogP contribution in [0.5, 0.6) is 0 Å². The molecule has 0 saturated heterocycles. The van der Waals surface area contributed by atoms with Gasteiger partial charge < -0.3 is 4.74 Å². The van der Waals surface area contributed by atoms with Crippen molar-refractivity contribution in [3.63, 3.8) is 0 Å². The molecule has 0 amide bonds. The average molecular weight is 414 g/mol. The van der Waals surface area contributed by atoms with Gasteiger partial charge in [-0.1, -0.05) is 54.6 Å². The predicted molar refractivity (Wildman–Crippen MR) is 110 cm³/mol. The smallest absolute Gasteiger partial charge is 0.359 e. The number of halogens is 1. The number of carbonyl (C=O) groups is 1. The Hall–Kier alpha value is -1.96. The third kappa shape index (κ3) is 3.27. The molecule has 0 N–H and O–H groups in total. The molecule has 4 heteroatoms. The molecule has 0 radical (unpaired) electrons. The molecule has 3 aromatic carbocycles. The quantitative estimate of drug-likeness (QED) is 0.360. The Bertz CT molecular complexity index is 726. The molecule has 3 aromatic rings. The van der Waals surface area contributed by atoms with Crippen molar-refractivity contribution in [1.82, 2.24) is 0 Å². The van der Waals surface area contributed by atoms with Gasteiger partial charge in [-0.25, -0.2) is 4.79 Å². The first kappa shape index (κ1) is 17.8. The van der Waals surface area contributed by atoms with Crippen LogP contribution < -0.4 is 15.9 Å². The highest BCUT2D eigenvalue weighted by Crippen LogP contribution is 2.62. The van der Waals surface area contributed by atoms with Crippen LogP contribution in [0.15, 0.2) is 91.0 Å². The van der Waals surface area contributed by atoms with Crippen LogP contribution in [0.2, 0.25) is 0 Å². The molecular weight excluding hydrogens is 395 g/mol. The second-order valence-electron chi connectivity index (χ2n) is 5.59. The third-order valence-corrected chi connectivity index (χ3v) is 10.7. The van der Waals surface area contributed by atoms with Crippen LogP contribution in [0, 0.1) is 0 Å². The van der Waals surface area contributed by atoms with E-state index in [0.29, 0.717) is 0 Å². The standard InChI is InChI=1S/C21H19BrO2P/c1-24-21(23)20(22)25(17-11-5-2-6-12-17,18-13-7-3-8-14-18)19-15-9-4-10-16-19/h2-16,20H,1H3/q+1. The van der Waals surface area contributed by atoms with Crippen LogP contribution in [0.4, 0.5) is 0 Å². The molecule has 1 atom stereocenters. The zero-order chi connectivity index (χ0) is 17.7. The number of rotatable bonds is 5. The number of alkyl halides is 1. The number of hydrogen-bond donors (Lipinski definition) is 0. The Kier molecular flexibility index (Phi) is 5.67. The van der Waals surface area contributed by atoms with E-state index in [-0.39, 0.29) is 5.97 Å². The first-order valence-corrected chi connectivity index (χ1v) is 10.8. The number of carbonyl (C=O) groups excluding carboxylic acids is 1. The van der Waals surface area contributed by atoms with Crippen molar-refractivity contribution in [3.05, 3.63) is 91.0 Å². The topological polar surface area (TPSA) is 26.3 Å². The van der Waals surface area contributed by atoms with Gasteiger partial charge in [-0.05, 0) is 52.3 Å². The minimum atomic E-state index is -2.27. The van der Waals surface area contributed by atoms with Crippen molar-refractivity contribution >= 4 is 45.1 Å². The van der Waals surface area contributed by atoms with Gasteiger partial charge in [0.2, 0.25) is 4.57 Å². The normalized spacial score (nSPS) is 12.4. The average Bonchev–Trinajstić information content (AvgIpc) is 2.70. The molecule has 1 unspecified atom stereocenters. The molecule has 0 aliphatic rings. The van der Waals surface area contributed by atoms with Crippen molar-refractivity contribution in [3.8, 4) is 0 Å². The number of methoxy groups -OCH3 is 1. The van der Waals surface area contributed by atoms with Crippen molar-refractivity contribution in [2.75, 3.05) is 7.11 Å². The van der Waals surface area contributed by atoms with E-state index in [9.17, 15) is 4.79 Å². The second kappa shape index (κ2) is 7.95. The Morgan fingerprint density at radius 2 is 1.08 bits per heavy atom. The Morgan fingerprint density at radius 1 is 0.760 bits per heavy atom. The molecule has 0 fully saturated rings. The SMILES string of the molecule is COC(=O)C(Br)[P+](c1ccccc1)(c1ccccc1)c1ccccc1. The molecule has 0 saturated carbocycles. The van der Waals surface area contributed by atoms with E-state index in [1.54, 1.807) is 0 Å². The summed E-state index contributed by atoms with van der Waals surface area (Å²) < 4.78 is 4.66. The predicted octanol–water partition coefficient (Wildman–Crippen LogP) is 3.87. The van der Waals surface area contributed by atoms with Crippen molar-refractivity contribution in [2.24, 2.45) is 0 Å². The minimum absolute atomic E-state index is 0.259. The second-order valence-corrected chi connectivity index (χ2v) is 10.7. The Morgan fingerprint density at radius 3 is 1.36 bits per heavy atom. The molecular formula is C21H19BrO2P+. The van der Waals surface area contributed by atoms with Crippen LogP contribution in [-0.2, 0) is 9.53 Å². The lowest BCUT2D eigenvalue weighted by Gasteiger charge is -2.30.